The van der Waals surface area contributed by atoms with Crippen LogP contribution in [0.25, 0.3) is 0 Å². The third-order valence-corrected chi connectivity index (χ3v) is 3.97. The highest BCUT2D eigenvalue weighted by atomic mass is 16.6. The summed E-state index contributed by atoms with van der Waals surface area (Å²) in [7, 11) is 0. The van der Waals surface area contributed by atoms with Gasteiger partial charge in [-0.2, -0.15) is 0 Å². The van der Waals surface area contributed by atoms with Gasteiger partial charge in [0.2, 0.25) is 0 Å². The third kappa shape index (κ3) is 3.85. The maximum Gasteiger partial charge on any atom is 0.310 e. The first-order chi connectivity index (χ1) is 10.9. The zero-order chi connectivity index (χ0) is 17.0. The van der Waals surface area contributed by atoms with Gasteiger partial charge in [-0.1, -0.05) is 0 Å². The minimum atomic E-state index is -0.471. The fraction of sp³-hybridized carbons (Fsp3) is 0.500. The van der Waals surface area contributed by atoms with Crippen LogP contribution in [0.1, 0.15) is 35.7 Å². The molecule has 1 aromatic carbocycles. The van der Waals surface area contributed by atoms with Gasteiger partial charge in [0.25, 0.3) is 11.6 Å². The Morgan fingerprint density at radius 3 is 2.78 bits per heavy atom. The minimum absolute atomic E-state index is 0.00963. The van der Waals surface area contributed by atoms with Crippen molar-refractivity contribution in [1.29, 1.82) is 0 Å². The van der Waals surface area contributed by atoms with Crippen molar-refractivity contribution in [3.8, 4) is 0 Å². The lowest BCUT2D eigenvalue weighted by molar-refractivity contribution is -0.385. The smallest absolute Gasteiger partial charge is 0.310 e. The first-order valence-electron chi connectivity index (χ1n) is 7.65. The average molecular weight is 320 g/mol. The van der Waals surface area contributed by atoms with Crippen LogP contribution in [0, 0.1) is 23.0 Å². The number of carbonyl (C=O) groups excluding carboxylic acids is 2. The Balaban J connectivity index is 2.12. The van der Waals surface area contributed by atoms with Crippen molar-refractivity contribution < 1.29 is 19.2 Å². The van der Waals surface area contributed by atoms with E-state index in [2.05, 4.69) is 0 Å². The molecule has 7 heteroatoms. The van der Waals surface area contributed by atoms with Gasteiger partial charge in [-0.05, 0) is 38.8 Å². The Kier molecular flexibility index (Phi) is 5.31. The fourth-order valence-electron chi connectivity index (χ4n) is 2.79. The van der Waals surface area contributed by atoms with Gasteiger partial charge in [-0.3, -0.25) is 19.7 Å². The van der Waals surface area contributed by atoms with Crippen molar-refractivity contribution in [1.82, 2.24) is 4.90 Å². The van der Waals surface area contributed by atoms with Crippen molar-refractivity contribution in [2.45, 2.75) is 26.7 Å². The molecule has 0 N–H and O–H groups in total. The molecule has 0 spiro atoms. The van der Waals surface area contributed by atoms with Gasteiger partial charge in [-0.15, -0.1) is 0 Å². The van der Waals surface area contributed by atoms with Crippen molar-refractivity contribution in [3.05, 3.63) is 39.4 Å². The van der Waals surface area contributed by atoms with E-state index in [1.165, 1.54) is 18.2 Å². The SMILES string of the molecule is CCOC(=O)[C@@H]1CCCN(C(=O)c2ccc([N+](=O)[O-])c(C)c2)C1. The molecule has 1 heterocycles. The Bertz CT molecular complexity index is 629. The number of benzene rings is 1. The minimum Gasteiger partial charge on any atom is -0.466 e. The van der Waals surface area contributed by atoms with Crippen LogP contribution in [0.2, 0.25) is 0 Å². The molecule has 2 rings (SSSR count). The van der Waals surface area contributed by atoms with Crippen LogP contribution < -0.4 is 0 Å². The molecule has 0 aromatic heterocycles. The number of likely N-dealkylation sites (tertiary alicyclic amines) is 1. The standard InChI is InChI=1S/C16H20N2O5/c1-3-23-16(20)13-5-4-8-17(10-13)15(19)12-6-7-14(18(21)22)11(2)9-12/h6-7,9,13H,3-5,8,10H2,1-2H3/t13-/m1/s1. The number of amides is 1. The number of hydrogen-bond acceptors (Lipinski definition) is 5. The molecule has 23 heavy (non-hydrogen) atoms. The van der Waals surface area contributed by atoms with E-state index in [-0.39, 0.29) is 23.5 Å². The number of nitro groups is 1. The van der Waals surface area contributed by atoms with Crippen molar-refractivity contribution in [2.24, 2.45) is 5.92 Å². The molecule has 1 saturated heterocycles. The summed E-state index contributed by atoms with van der Waals surface area (Å²) in [5, 5.41) is 10.8. The molecule has 0 bridgehead atoms. The largest absolute Gasteiger partial charge is 0.466 e. The normalized spacial score (nSPS) is 17.7. The Hall–Kier alpha value is -2.44. The summed E-state index contributed by atoms with van der Waals surface area (Å²) in [6.45, 7) is 4.58. The highest BCUT2D eigenvalue weighted by Gasteiger charge is 2.30. The predicted octanol–water partition coefficient (Wildman–Crippen LogP) is 2.32. The van der Waals surface area contributed by atoms with E-state index < -0.39 is 4.92 Å². The Morgan fingerprint density at radius 1 is 1.43 bits per heavy atom. The molecule has 0 saturated carbocycles. The first kappa shape index (κ1) is 16.9. The van der Waals surface area contributed by atoms with Crippen LogP contribution in [0.4, 0.5) is 5.69 Å². The van der Waals surface area contributed by atoms with Crippen molar-refractivity contribution in [3.63, 3.8) is 0 Å². The first-order valence-corrected chi connectivity index (χ1v) is 7.65. The summed E-state index contributed by atoms with van der Waals surface area (Å²) < 4.78 is 5.02. The number of esters is 1. The molecular weight excluding hydrogens is 300 g/mol. The highest BCUT2D eigenvalue weighted by molar-refractivity contribution is 5.95. The molecule has 1 aliphatic rings. The summed E-state index contributed by atoms with van der Waals surface area (Å²) in [5.74, 6) is -0.784. The fourth-order valence-corrected chi connectivity index (χ4v) is 2.79. The number of carbonyl (C=O) groups is 2. The number of hydrogen-bond donors (Lipinski definition) is 0. The summed E-state index contributed by atoms with van der Waals surface area (Å²) in [6.07, 6.45) is 1.45. The zero-order valence-corrected chi connectivity index (χ0v) is 13.3. The summed E-state index contributed by atoms with van der Waals surface area (Å²) in [4.78, 5) is 36.4. The van der Waals surface area contributed by atoms with E-state index in [0.29, 0.717) is 37.2 Å². The maximum atomic E-state index is 12.6. The molecule has 1 fully saturated rings. The van der Waals surface area contributed by atoms with Crippen LogP contribution in [-0.4, -0.2) is 41.4 Å². The van der Waals surface area contributed by atoms with Crippen LogP contribution >= 0.6 is 0 Å². The second-order valence-corrected chi connectivity index (χ2v) is 5.60. The van der Waals surface area contributed by atoms with Crippen LogP contribution in [0.15, 0.2) is 18.2 Å². The molecule has 0 unspecified atom stereocenters. The lowest BCUT2D eigenvalue weighted by Crippen LogP contribution is -2.42. The third-order valence-electron chi connectivity index (χ3n) is 3.97. The summed E-state index contributed by atoms with van der Waals surface area (Å²) >= 11 is 0. The maximum absolute atomic E-state index is 12.6. The Labute approximate surface area is 134 Å². The zero-order valence-electron chi connectivity index (χ0n) is 13.3. The van der Waals surface area contributed by atoms with Gasteiger partial charge in [0.1, 0.15) is 0 Å². The number of rotatable bonds is 4. The van der Waals surface area contributed by atoms with E-state index in [1.807, 2.05) is 0 Å². The van der Waals surface area contributed by atoms with Crippen LogP contribution in [-0.2, 0) is 9.53 Å². The monoisotopic (exact) mass is 320 g/mol. The van der Waals surface area contributed by atoms with Crippen LogP contribution in [0.5, 0.6) is 0 Å². The molecule has 0 aliphatic carbocycles. The second-order valence-electron chi connectivity index (χ2n) is 5.60. The Morgan fingerprint density at radius 2 is 2.17 bits per heavy atom. The number of aryl methyl sites for hydroxylation is 1. The molecule has 1 atom stereocenters. The van der Waals surface area contributed by atoms with Gasteiger partial charge in [0, 0.05) is 30.3 Å². The van der Waals surface area contributed by atoms with Gasteiger partial charge in [0.05, 0.1) is 17.4 Å². The van der Waals surface area contributed by atoms with Crippen molar-refractivity contribution in [2.75, 3.05) is 19.7 Å². The second kappa shape index (κ2) is 7.21. The van der Waals surface area contributed by atoms with E-state index in [0.717, 1.165) is 6.42 Å². The van der Waals surface area contributed by atoms with E-state index in [4.69, 9.17) is 4.74 Å². The molecule has 0 radical (unpaired) electrons. The van der Waals surface area contributed by atoms with E-state index in [9.17, 15) is 19.7 Å². The molecule has 1 aromatic rings. The van der Waals surface area contributed by atoms with Gasteiger partial charge >= 0.3 is 5.97 Å². The van der Waals surface area contributed by atoms with E-state index in [1.54, 1.807) is 18.7 Å². The van der Waals surface area contributed by atoms with Crippen molar-refractivity contribution >= 4 is 17.6 Å². The number of nitrogens with zero attached hydrogens (tertiary/aromatic N) is 2. The molecular formula is C16H20N2O5. The highest BCUT2D eigenvalue weighted by Crippen LogP contribution is 2.23. The molecule has 1 aliphatic heterocycles. The van der Waals surface area contributed by atoms with E-state index >= 15 is 0 Å². The summed E-state index contributed by atoms with van der Waals surface area (Å²) in [6, 6.07) is 4.32. The molecule has 1 amide bonds. The van der Waals surface area contributed by atoms with Gasteiger partial charge in [-0.25, -0.2) is 0 Å². The topological polar surface area (TPSA) is 89.8 Å². The number of ether oxygens (including phenoxy) is 1. The quantitative estimate of drug-likeness (QED) is 0.482. The van der Waals surface area contributed by atoms with Gasteiger partial charge in [0.15, 0.2) is 0 Å². The molecule has 124 valence electrons. The molecule has 7 nitrogen and oxygen atoms in total. The lowest BCUT2D eigenvalue weighted by Gasteiger charge is -2.31. The van der Waals surface area contributed by atoms with Crippen LogP contribution in [0.3, 0.4) is 0 Å². The average Bonchev–Trinajstić information content (AvgIpc) is 2.54. The lowest BCUT2D eigenvalue weighted by atomic mass is 9.97. The summed E-state index contributed by atoms with van der Waals surface area (Å²) in [5.41, 5.74) is 0.835. The number of nitro benzene ring substituents is 1. The van der Waals surface area contributed by atoms with Gasteiger partial charge < -0.3 is 9.64 Å². The number of piperidine rings is 1. The predicted molar refractivity (Wildman–Crippen MR) is 83.1 cm³/mol.